The monoisotopic (exact) mass is 447 g/mol. The first-order valence-corrected chi connectivity index (χ1v) is 8.88. The van der Waals surface area contributed by atoms with Crippen LogP contribution in [-0.2, 0) is 9.53 Å². The van der Waals surface area contributed by atoms with Gasteiger partial charge in [0.25, 0.3) is 5.91 Å². The van der Waals surface area contributed by atoms with E-state index in [2.05, 4.69) is 23.8 Å². The molecule has 1 unspecified atom stereocenters. The van der Waals surface area contributed by atoms with Crippen LogP contribution < -0.4 is 26.8 Å². The number of hydrogen-bond donors (Lipinski definition) is 5. The van der Waals surface area contributed by atoms with Crippen LogP contribution in [0.5, 0.6) is 0 Å². The van der Waals surface area contributed by atoms with Crippen molar-refractivity contribution in [2.45, 2.75) is 6.10 Å². The summed E-state index contributed by atoms with van der Waals surface area (Å²) in [6.45, 7) is -0.0610. The summed E-state index contributed by atoms with van der Waals surface area (Å²) in [4.78, 5) is 23.9. The molecule has 1 atom stereocenters. The van der Waals surface area contributed by atoms with Gasteiger partial charge >= 0.3 is 6.09 Å². The lowest BCUT2D eigenvalue weighted by Gasteiger charge is -2.22. The maximum Gasteiger partial charge on any atom is 0.414 e. The zero-order chi connectivity index (χ0) is 22.8. The molecule has 30 heavy (non-hydrogen) atoms. The average Bonchev–Trinajstić information content (AvgIpc) is 3.09. The molecule has 0 bridgehead atoms. The number of likely N-dealkylation sites (N-methyl/N-ethyl adjacent to an activating group) is 1. The topological polar surface area (TPSA) is 161 Å². The SMILES string of the molecule is CN(F)CCN(C=N)c1ccc(N2CC(CO)OC2=O)cc1F.NNC(=S)C(N)=O. The number of hydrogen-bond acceptors (Lipinski definition) is 8. The molecule has 0 spiro atoms. The standard InChI is InChI=1S/C14H18F2N4O3.C2H5N3OS/c1-18(16)4-5-19(9-17)13-3-2-10(6-12(13)15)20-7-11(8-21)23-14(20)22;3-1(6)2(7)5-4/h2-3,6,9,11,17,21H,4-5,7-8H2,1H3;4H2,(H2,3,6)(H,5,7). The quantitative estimate of drug-likeness (QED) is 0.0938. The van der Waals surface area contributed by atoms with Crippen molar-refractivity contribution >= 4 is 46.9 Å². The number of aliphatic hydroxyl groups excluding tert-OH is 1. The van der Waals surface area contributed by atoms with Gasteiger partial charge in [0.2, 0.25) is 0 Å². The number of amides is 2. The molecule has 11 nitrogen and oxygen atoms in total. The normalized spacial score (nSPS) is 15.2. The lowest BCUT2D eigenvalue weighted by molar-refractivity contribution is -0.112. The molecule has 1 heterocycles. The first-order chi connectivity index (χ1) is 14.1. The molecule has 1 aliphatic rings. The molecule has 2 amide bonds. The molecule has 7 N–H and O–H groups in total. The van der Waals surface area contributed by atoms with Gasteiger partial charge in [-0.25, -0.2) is 15.0 Å². The molecular weight excluding hydrogens is 424 g/mol. The fraction of sp³-hybridized carbons (Fsp3) is 0.375. The van der Waals surface area contributed by atoms with Crippen molar-refractivity contribution in [3.8, 4) is 0 Å². The van der Waals surface area contributed by atoms with Crippen LogP contribution in [0.25, 0.3) is 0 Å². The Kier molecular flexibility index (Phi) is 9.97. The summed E-state index contributed by atoms with van der Waals surface area (Å²) >= 11 is 4.27. The maximum absolute atomic E-state index is 14.3. The number of nitrogens with one attached hydrogen (secondary N) is 2. The fourth-order valence-corrected chi connectivity index (χ4v) is 2.30. The summed E-state index contributed by atoms with van der Waals surface area (Å²) in [5.74, 6) is 3.32. The molecule has 1 aliphatic heterocycles. The van der Waals surface area contributed by atoms with E-state index < -0.39 is 23.9 Å². The van der Waals surface area contributed by atoms with Gasteiger partial charge < -0.3 is 25.9 Å². The highest BCUT2D eigenvalue weighted by Gasteiger charge is 2.32. The summed E-state index contributed by atoms with van der Waals surface area (Å²) in [5, 5.41) is 16.8. The van der Waals surface area contributed by atoms with E-state index in [0.717, 1.165) is 12.4 Å². The number of hydrazine groups is 1. The number of carbonyl (C=O) groups is 2. The van der Waals surface area contributed by atoms with Crippen molar-refractivity contribution < 1.29 is 28.3 Å². The van der Waals surface area contributed by atoms with Crippen molar-refractivity contribution in [3.05, 3.63) is 24.0 Å². The van der Waals surface area contributed by atoms with Crippen LogP contribution in [0.2, 0.25) is 0 Å². The molecule has 0 saturated carbocycles. The number of aliphatic hydroxyl groups is 1. The van der Waals surface area contributed by atoms with E-state index in [4.69, 9.17) is 15.3 Å². The number of rotatable bonds is 7. The number of benzene rings is 1. The van der Waals surface area contributed by atoms with Crippen LogP contribution in [0.3, 0.4) is 0 Å². The van der Waals surface area contributed by atoms with E-state index in [0.29, 0.717) is 10.8 Å². The van der Waals surface area contributed by atoms with Crippen LogP contribution in [-0.4, -0.2) is 72.9 Å². The number of thiocarbonyl (C=S) groups is 1. The number of primary amides is 1. The third-order valence-corrected chi connectivity index (χ3v) is 4.11. The Balaban J connectivity index is 0.000000553. The Bertz CT molecular complexity index is 784. The van der Waals surface area contributed by atoms with Crippen molar-refractivity contribution in [3.63, 3.8) is 0 Å². The Morgan fingerprint density at radius 3 is 2.60 bits per heavy atom. The number of nitrogens with two attached hydrogens (primary N) is 2. The molecule has 1 aromatic carbocycles. The van der Waals surface area contributed by atoms with Crippen molar-refractivity contribution in [1.82, 2.24) is 10.5 Å². The molecule has 1 saturated heterocycles. The second kappa shape index (κ2) is 11.9. The van der Waals surface area contributed by atoms with Gasteiger partial charge in [-0.15, -0.1) is 9.60 Å². The Morgan fingerprint density at radius 2 is 2.20 bits per heavy atom. The van der Waals surface area contributed by atoms with Gasteiger partial charge in [-0.1, -0.05) is 12.2 Å². The Labute approximate surface area is 176 Å². The van der Waals surface area contributed by atoms with E-state index in [1.54, 1.807) is 0 Å². The van der Waals surface area contributed by atoms with Gasteiger partial charge in [-0.05, 0) is 18.2 Å². The molecule has 0 aliphatic carbocycles. The molecule has 0 aromatic heterocycles. The first kappa shape index (κ1) is 25.1. The molecule has 0 radical (unpaired) electrons. The van der Waals surface area contributed by atoms with Crippen molar-refractivity contribution in [1.29, 1.82) is 5.41 Å². The summed E-state index contributed by atoms with van der Waals surface area (Å²) in [7, 11) is 1.23. The highest BCUT2D eigenvalue weighted by molar-refractivity contribution is 7.82. The van der Waals surface area contributed by atoms with Crippen molar-refractivity contribution in [2.75, 3.05) is 43.1 Å². The van der Waals surface area contributed by atoms with Crippen LogP contribution in [0.1, 0.15) is 0 Å². The number of halogens is 2. The summed E-state index contributed by atoms with van der Waals surface area (Å²) in [5.41, 5.74) is 6.94. The van der Waals surface area contributed by atoms with Gasteiger partial charge in [-0.3, -0.25) is 15.1 Å². The number of carbonyl (C=O) groups excluding carboxylic acids is 2. The minimum Gasteiger partial charge on any atom is -0.441 e. The van der Waals surface area contributed by atoms with E-state index in [9.17, 15) is 18.5 Å². The van der Waals surface area contributed by atoms with Gasteiger partial charge in [0.05, 0.1) is 30.9 Å². The first-order valence-electron chi connectivity index (χ1n) is 8.47. The molecule has 2 rings (SSSR count). The minimum absolute atomic E-state index is 0.00715. The largest absolute Gasteiger partial charge is 0.441 e. The number of ether oxygens (including phenoxy) is 1. The Morgan fingerprint density at radius 1 is 1.53 bits per heavy atom. The molecular formula is C16H23F2N7O4S. The van der Waals surface area contributed by atoms with Crippen LogP contribution in [0, 0.1) is 11.2 Å². The summed E-state index contributed by atoms with van der Waals surface area (Å²) < 4.78 is 31.9. The molecule has 14 heteroatoms. The predicted molar refractivity (Wildman–Crippen MR) is 110 cm³/mol. The number of nitrogens with zero attached hydrogens (tertiary/aromatic N) is 3. The Hall–Kier alpha value is -2.94. The van der Waals surface area contributed by atoms with Crippen molar-refractivity contribution in [2.24, 2.45) is 11.6 Å². The van der Waals surface area contributed by atoms with E-state index in [1.165, 1.54) is 29.0 Å². The fourth-order valence-electron chi connectivity index (χ4n) is 2.30. The third-order valence-electron chi connectivity index (χ3n) is 3.79. The molecule has 1 fully saturated rings. The average molecular weight is 447 g/mol. The smallest absolute Gasteiger partial charge is 0.414 e. The number of cyclic esters (lactones) is 1. The zero-order valence-corrected chi connectivity index (χ0v) is 16.9. The molecule has 1 aromatic rings. The van der Waals surface area contributed by atoms with Crippen LogP contribution in [0.15, 0.2) is 18.2 Å². The van der Waals surface area contributed by atoms with Gasteiger partial charge in [0.15, 0.2) is 4.99 Å². The second-order valence-electron chi connectivity index (χ2n) is 5.92. The van der Waals surface area contributed by atoms with E-state index in [1.807, 2.05) is 5.43 Å². The maximum atomic E-state index is 14.3. The lowest BCUT2D eigenvalue weighted by Crippen LogP contribution is -2.38. The van der Waals surface area contributed by atoms with Crippen LogP contribution in [0.4, 0.5) is 25.0 Å². The zero-order valence-electron chi connectivity index (χ0n) is 16.0. The number of anilines is 2. The van der Waals surface area contributed by atoms with Gasteiger partial charge in [0, 0.05) is 20.1 Å². The lowest BCUT2D eigenvalue weighted by atomic mass is 10.2. The second-order valence-corrected chi connectivity index (χ2v) is 6.33. The van der Waals surface area contributed by atoms with Gasteiger partial charge in [0.1, 0.15) is 11.9 Å². The van der Waals surface area contributed by atoms with E-state index in [-0.39, 0.29) is 36.9 Å². The highest BCUT2D eigenvalue weighted by atomic mass is 32.1. The van der Waals surface area contributed by atoms with Crippen LogP contribution >= 0.6 is 12.2 Å². The minimum atomic E-state index is -0.711. The highest BCUT2D eigenvalue weighted by Crippen LogP contribution is 2.27. The summed E-state index contributed by atoms with van der Waals surface area (Å²) in [6, 6.07) is 4.06. The molecule has 166 valence electrons. The summed E-state index contributed by atoms with van der Waals surface area (Å²) in [6.07, 6.45) is -0.379. The third kappa shape index (κ3) is 7.14. The van der Waals surface area contributed by atoms with E-state index >= 15 is 0 Å². The predicted octanol–water partition coefficient (Wildman–Crippen LogP) is -0.365. The van der Waals surface area contributed by atoms with Gasteiger partial charge in [-0.2, -0.15) is 0 Å².